The van der Waals surface area contributed by atoms with Gasteiger partial charge in [-0.2, -0.15) is 0 Å². The van der Waals surface area contributed by atoms with E-state index in [9.17, 15) is 53.1 Å². The van der Waals surface area contributed by atoms with Gasteiger partial charge in [-0.15, -0.1) is 0 Å². The number of rotatable bonds is 46. The number of unbranched alkanes of at least 4 members (excludes halogenated alkanes) is 2. The number of aliphatic hydroxyl groups excluding tert-OH is 1. The van der Waals surface area contributed by atoms with Crippen LogP contribution in [0.2, 0.25) is 0 Å². The topological polar surface area (TPSA) is 690 Å². The van der Waals surface area contributed by atoms with Gasteiger partial charge in [0.05, 0.1) is 6.10 Å². The van der Waals surface area contributed by atoms with Gasteiger partial charge in [0.1, 0.15) is 54.4 Å². The Balaban J connectivity index is 3.80. The molecule has 1 saturated heterocycles. The van der Waals surface area contributed by atoms with Crippen molar-refractivity contribution < 1.29 is 53.1 Å². The lowest BCUT2D eigenvalue weighted by Gasteiger charge is -2.30. The van der Waals surface area contributed by atoms with Crippen molar-refractivity contribution in [1.82, 2.24) is 47.4 Å². The lowest BCUT2D eigenvalue weighted by Crippen LogP contribution is -2.60. The van der Waals surface area contributed by atoms with Crippen LogP contribution in [0.5, 0.6) is 0 Å². The fourth-order valence-electron chi connectivity index (χ4n) is 9.44. The van der Waals surface area contributed by atoms with E-state index < -0.39 is 120 Å². The van der Waals surface area contributed by atoms with Gasteiger partial charge in [-0.1, -0.05) is 0 Å². The second-order valence-electron chi connectivity index (χ2n) is 21.8. The Morgan fingerprint density at radius 1 is 0.418 bits per heavy atom. The number of nitrogens with one attached hydrogen (secondary N) is 8. The van der Waals surface area contributed by atoms with Crippen molar-refractivity contribution in [2.24, 2.45) is 99.5 Å². The van der Waals surface area contributed by atoms with E-state index in [4.69, 9.17) is 74.5 Å². The molecule has 10 atom stereocenters. The van der Waals surface area contributed by atoms with Crippen LogP contribution in [0.1, 0.15) is 129 Å². The van der Waals surface area contributed by atoms with Crippen molar-refractivity contribution >= 4 is 88.9 Å². The summed E-state index contributed by atoms with van der Waals surface area (Å²) in [5, 5.41) is 31.2. The number of hydrogen-bond donors (Lipinski definition) is 22. The number of hydrogen-bond acceptors (Lipinski definition) is 18. The number of aliphatic imine (C=N–C) groups is 5. The Hall–Kier alpha value is -9.07. The molecule has 516 valence electrons. The molecule has 0 unspecified atom stereocenters. The maximum atomic E-state index is 14.7. The molecule has 10 amide bonds. The van der Waals surface area contributed by atoms with Crippen molar-refractivity contribution in [3.8, 4) is 0 Å². The molecule has 1 aliphatic heterocycles. The first-order chi connectivity index (χ1) is 43.0. The van der Waals surface area contributed by atoms with Crippen LogP contribution in [0, 0.1) is 0 Å². The molecule has 91 heavy (non-hydrogen) atoms. The molecule has 1 fully saturated rings. The summed E-state index contributed by atoms with van der Waals surface area (Å²) in [6.45, 7) is 3.22. The van der Waals surface area contributed by atoms with Crippen LogP contribution >= 0.6 is 0 Å². The van der Waals surface area contributed by atoms with Crippen molar-refractivity contribution in [3.05, 3.63) is 0 Å². The number of carbonyl (C=O) groups excluding carboxylic acids is 10. The molecule has 0 saturated carbocycles. The van der Waals surface area contributed by atoms with E-state index in [1.54, 1.807) is 0 Å². The summed E-state index contributed by atoms with van der Waals surface area (Å²) >= 11 is 0. The number of primary amides is 1. The van der Waals surface area contributed by atoms with Crippen LogP contribution in [-0.2, 0) is 47.9 Å². The van der Waals surface area contributed by atoms with Crippen LogP contribution in [-0.4, -0.2) is 212 Å². The molecule has 38 heteroatoms. The smallest absolute Gasteiger partial charge is 0.245 e. The maximum absolute atomic E-state index is 14.7. The van der Waals surface area contributed by atoms with Crippen LogP contribution in [0.3, 0.4) is 0 Å². The molecule has 0 spiro atoms. The van der Waals surface area contributed by atoms with Gasteiger partial charge < -0.3 is 127 Å². The number of nitrogens with zero attached hydrogens (tertiary/aromatic N) is 6. The quantitative estimate of drug-likeness (QED) is 0.0153. The second-order valence-corrected chi connectivity index (χ2v) is 21.8. The lowest BCUT2D eigenvalue weighted by atomic mass is 10.0. The number of nitrogens with two attached hydrogens (primary N) is 13. The number of aliphatic hydroxyl groups is 1. The summed E-state index contributed by atoms with van der Waals surface area (Å²) in [6, 6.07) is -12.1. The van der Waals surface area contributed by atoms with Gasteiger partial charge in [-0.05, 0) is 136 Å². The van der Waals surface area contributed by atoms with Gasteiger partial charge in [-0.3, -0.25) is 72.9 Å². The highest BCUT2D eigenvalue weighted by Crippen LogP contribution is 2.21. The van der Waals surface area contributed by atoms with E-state index in [1.165, 1.54) is 18.7 Å². The predicted molar refractivity (Wildman–Crippen MR) is 342 cm³/mol. The predicted octanol–water partition coefficient (Wildman–Crippen LogP) is -9.73. The zero-order valence-corrected chi connectivity index (χ0v) is 52.4. The number of amides is 10. The molecule has 1 aliphatic rings. The highest BCUT2D eigenvalue weighted by atomic mass is 16.3. The van der Waals surface area contributed by atoms with E-state index in [0.717, 1.165) is 0 Å². The maximum Gasteiger partial charge on any atom is 0.245 e. The third-order valence-corrected chi connectivity index (χ3v) is 14.0. The molecular formula is C53H103N27O11. The first kappa shape index (κ1) is 79.9. The van der Waals surface area contributed by atoms with E-state index in [-0.39, 0.29) is 166 Å². The summed E-state index contributed by atoms with van der Waals surface area (Å²) in [7, 11) is 0. The zero-order valence-electron chi connectivity index (χ0n) is 52.4. The molecule has 0 aromatic rings. The summed E-state index contributed by atoms with van der Waals surface area (Å²) in [6.07, 6.45) is 0.921. The lowest BCUT2D eigenvalue weighted by molar-refractivity contribution is -0.142. The average Bonchev–Trinajstić information content (AvgIpc) is 1.90. The van der Waals surface area contributed by atoms with Gasteiger partial charge in [0.2, 0.25) is 59.1 Å². The molecule has 35 N–H and O–H groups in total. The SMILES string of the molecule is CC(=O)N[C@@H](CCCN=C(N)N)C(=O)N1CCC[C@H]1C(=O)N[C@@H](CCCN=C(N)N)C(=O)N[C@@H](CCCN=C(N)N)C(=O)N[C@@H](CCCN=C(N)N)C(=O)N[C@@H](CCCCN)C(=O)N[C@@H](CCCCN)C(=O)N[C@@H](CCCN=C(N)N)C(=O)N[C@H](C(N)=O)[C@@H](C)O. The normalized spacial score (nSPS) is 15.5. The fraction of sp³-hybridized carbons (Fsp3) is 0.717. The largest absolute Gasteiger partial charge is 0.391 e. The van der Waals surface area contributed by atoms with Crippen LogP contribution in [0.15, 0.2) is 25.0 Å². The van der Waals surface area contributed by atoms with Crippen LogP contribution < -0.4 is 117 Å². The Morgan fingerprint density at radius 3 is 0.978 bits per heavy atom. The van der Waals surface area contributed by atoms with E-state index in [1.807, 2.05) is 0 Å². The van der Waals surface area contributed by atoms with Gasteiger partial charge in [0.15, 0.2) is 29.8 Å². The molecule has 1 rings (SSSR count). The Bertz CT molecular complexity index is 2500. The Kier molecular flexibility index (Phi) is 39.0. The first-order valence-electron chi connectivity index (χ1n) is 30.4. The summed E-state index contributed by atoms with van der Waals surface area (Å²) in [5.41, 5.74) is 72.3. The van der Waals surface area contributed by atoms with Gasteiger partial charge in [-0.25, -0.2) is 0 Å². The van der Waals surface area contributed by atoms with E-state index in [0.29, 0.717) is 32.1 Å². The summed E-state index contributed by atoms with van der Waals surface area (Å²) in [4.78, 5) is 160. The number of likely N-dealkylation sites (tertiary alicyclic amines) is 1. The minimum Gasteiger partial charge on any atom is -0.391 e. The van der Waals surface area contributed by atoms with Crippen LogP contribution in [0.4, 0.5) is 0 Å². The standard InChI is InChI=1S/C53H103N27O11/c1-29(81)39(40(56)83)79-46(89)36(18-10-26-70-52(63)64)77-42(85)32(14-4-6-22-55)73-41(84)31(13-3-5-21-54)74-43(86)33(15-7-23-67-49(57)58)75-44(87)34(16-8-24-68-50(59)60)76-45(88)35(17-9-25-69-51(61)62)78-47(90)38-20-12-28-80(38)48(91)37(72-30(2)82)19-11-27-71-53(65)66/h29,31-39,81H,3-28,54-55H2,1-2H3,(H2,56,83)(H,72,82)(H,73,84)(H,74,86)(H,75,87)(H,76,88)(H,77,85)(H,78,90)(H,79,89)(H4,57,58,67)(H4,59,60,68)(H4,61,62,69)(H4,63,64,70)(H4,65,66,71)/t29-,31+,32+,33+,34+,35+,36+,37+,38+,39+/m1/s1. The molecule has 0 bridgehead atoms. The van der Waals surface area contributed by atoms with E-state index in [2.05, 4.69) is 67.5 Å². The minimum atomic E-state index is -1.54. The fourth-order valence-corrected chi connectivity index (χ4v) is 9.44. The molecule has 1 heterocycles. The highest BCUT2D eigenvalue weighted by molar-refractivity contribution is 5.99. The zero-order chi connectivity index (χ0) is 68.6. The Labute approximate surface area is 529 Å². The number of guanidine groups is 5. The monoisotopic (exact) mass is 1290 g/mol. The van der Waals surface area contributed by atoms with Gasteiger partial charge >= 0.3 is 0 Å². The van der Waals surface area contributed by atoms with E-state index >= 15 is 0 Å². The molecular weight excluding hydrogens is 1190 g/mol. The molecule has 0 aromatic carbocycles. The third-order valence-electron chi connectivity index (χ3n) is 14.0. The second kappa shape index (κ2) is 44.4. The molecule has 38 nitrogen and oxygen atoms in total. The van der Waals surface area contributed by atoms with Crippen molar-refractivity contribution in [2.75, 3.05) is 52.4 Å². The molecule has 0 aliphatic carbocycles. The number of carbonyl (C=O) groups is 10. The molecule has 0 aromatic heterocycles. The molecule has 0 radical (unpaired) electrons. The highest BCUT2D eigenvalue weighted by Gasteiger charge is 2.40. The van der Waals surface area contributed by atoms with Crippen molar-refractivity contribution in [3.63, 3.8) is 0 Å². The van der Waals surface area contributed by atoms with Gasteiger partial charge in [0, 0.05) is 46.2 Å². The summed E-state index contributed by atoms with van der Waals surface area (Å²) in [5.74, 6) is -9.24. The van der Waals surface area contributed by atoms with Crippen LogP contribution in [0.25, 0.3) is 0 Å². The average molecular weight is 1290 g/mol. The van der Waals surface area contributed by atoms with Crippen molar-refractivity contribution in [2.45, 2.75) is 190 Å². The summed E-state index contributed by atoms with van der Waals surface area (Å²) < 4.78 is 0. The van der Waals surface area contributed by atoms with Gasteiger partial charge in [0.25, 0.3) is 0 Å². The first-order valence-corrected chi connectivity index (χ1v) is 30.4. The Morgan fingerprint density at radius 2 is 0.703 bits per heavy atom. The van der Waals surface area contributed by atoms with Crippen molar-refractivity contribution in [1.29, 1.82) is 0 Å². The third kappa shape index (κ3) is 33.9. The minimum absolute atomic E-state index is 0.0125.